The molecule has 10 aromatic rings. The van der Waals surface area contributed by atoms with Crippen LogP contribution in [0.4, 0.5) is 0 Å². The van der Waals surface area contributed by atoms with Gasteiger partial charge in [-0.05, 0) is 138 Å². The molecule has 0 atom stereocenters. The fourth-order valence-electron chi connectivity index (χ4n) is 10.4. The molecule has 0 fully saturated rings. The minimum atomic E-state index is -0.520. The Labute approximate surface area is 414 Å². The number of phenols is 2. The van der Waals surface area contributed by atoms with Gasteiger partial charge < -0.3 is 29.2 Å². The number of carbonyl (C=O) groups excluding carboxylic acids is 4. The molecule has 10 heteroatoms. The molecule has 0 aliphatic heterocycles. The molecule has 354 valence electrons. The van der Waals surface area contributed by atoms with Crippen LogP contribution in [-0.4, -0.2) is 62.5 Å². The number of benzene rings is 10. The van der Waals surface area contributed by atoms with E-state index in [1.165, 1.54) is 28.4 Å². The first-order chi connectivity index (χ1) is 34.9. The SMILES string of the molecule is COC(=O)c1ccc(-c2cc(-c3ccc(C(=O)OC)c4ccccc34)c(O)c(-c3c(C)c(-c4ccc(C(=O)OC)c5ccccc45)cc(-c4ccc(C(=O)OC)c5ccccc45)c3O)c2C)c2ccccc12. The third-order valence-corrected chi connectivity index (χ3v) is 13.8. The van der Waals surface area contributed by atoms with Gasteiger partial charge in [0.15, 0.2) is 0 Å². The van der Waals surface area contributed by atoms with Gasteiger partial charge in [-0.3, -0.25) is 0 Å². The number of aromatic hydroxyl groups is 2. The maximum Gasteiger partial charge on any atom is 0.338 e. The van der Waals surface area contributed by atoms with E-state index in [1.54, 1.807) is 36.4 Å². The van der Waals surface area contributed by atoms with Crippen LogP contribution >= 0.6 is 0 Å². The molecule has 0 aliphatic rings. The second-order valence-electron chi connectivity index (χ2n) is 17.4. The average Bonchev–Trinajstić information content (AvgIpc) is 3.42. The summed E-state index contributed by atoms with van der Waals surface area (Å²) < 4.78 is 20.8. The van der Waals surface area contributed by atoms with Crippen molar-refractivity contribution in [2.75, 3.05) is 28.4 Å². The van der Waals surface area contributed by atoms with Crippen LogP contribution in [0.2, 0.25) is 0 Å². The van der Waals surface area contributed by atoms with E-state index in [9.17, 15) is 29.4 Å². The Balaban J connectivity index is 1.38. The van der Waals surface area contributed by atoms with E-state index >= 15 is 0 Å². The minimum absolute atomic E-state index is 0.152. The normalized spacial score (nSPS) is 11.2. The number of carbonyl (C=O) groups is 4. The van der Waals surface area contributed by atoms with E-state index in [4.69, 9.17) is 18.9 Å². The van der Waals surface area contributed by atoms with Gasteiger partial charge in [0.05, 0.1) is 50.7 Å². The van der Waals surface area contributed by atoms with Crippen molar-refractivity contribution in [3.63, 3.8) is 0 Å². The van der Waals surface area contributed by atoms with Crippen LogP contribution in [0.3, 0.4) is 0 Å². The molecule has 0 saturated heterocycles. The standard InChI is InChI=1S/C62H46O10/c1-33-51(43-23-27-47(59(65)69-3)39-19-11-7-15-35(39)43)31-53(45-25-29-49(61(67)71-5)41-21-13-9-17-37(41)45)57(63)55(33)56-34(2)52(44-24-28-48(60(66)70-4)40-20-12-8-16-36(40)44)32-54(58(56)64)46-26-30-50(62(68)72-6)42-22-14-10-18-38(42)46/h7-32,63-64H,1-6H3. The van der Waals surface area contributed by atoms with Gasteiger partial charge in [0.2, 0.25) is 0 Å². The monoisotopic (exact) mass is 950 g/mol. The van der Waals surface area contributed by atoms with Gasteiger partial charge >= 0.3 is 23.9 Å². The highest BCUT2D eigenvalue weighted by molar-refractivity contribution is 6.16. The molecule has 72 heavy (non-hydrogen) atoms. The third-order valence-electron chi connectivity index (χ3n) is 13.8. The summed E-state index contributed by atoms with van der Waals surface area (Å²) in [5.74, 6) is -2.34. The van der Waals surface area contributed by atoms with Crippen LogP contribution in [0.1, 0.15) is 52.6 Å². The van der Waals surface area contributed by atoms with E-state index in [-0.39, 0.29) is 11.5 Å². The zero-order valence-corrected chi connectivity index (χ0v) is 40.2. The summed E-state index contributed by atoms with van der Waals surface area (Å²) in [7, 11) is 5.34. The van der Waals surface area contributed by atoms with E-state index in [0.717, 1.165) is 21.9 Å². The molecule has 0 amide bonds. The summed E-state index contributed by atoms with van der Waals surface area (Å²) >= 11 is 0. The first-order valence-corrected chi connectivity index (χ1v) is 23.1. The van der Waals surface area contributed by atoms with Crippen LogP contribution in [0.5, 0.6) is 11.5 Å². The lowest BCUT2D eigenvalue weighted by atomic mass is 9.80. The number of methoxy groups -OCH3 is 4. The predicted octanol–water partition coefficient (Wildman–Crippen LogP) is 13.8. The highest BCUT2D eigenvalue weighted by atomic mass is 16.5. The zero-order chi connectivity index (χ0) is 50.5. The number of rotatable bonds is 9. The molecular formula is C62H46O10. The van der Waals surface area contributed by atoms with Gasteiger partial charge in [0, 0.05) is 22.3 Å². The molecule has 0 saturated carbocycles. The molecule has 0 bridgehead atoms. The molecule has 0 heterocycles. The number of esters is 4. The first-order valence-electron chi connectivity index (χ1n) is 23.1. The van der Waals surface area contributed by atoms with Gasteiger partial charge in [-0.2, -0.15) is 0 Å². The summed E-state index contributed by atoms with van der Waals surface area (Å²) in [6, 6.07) is 47.7. The lowest BCUT2D eigenvalue weighted by Gasteiger charge is -2.25. The maximum absolute atomic E-state index is 13.3. The van der Waals surface area contributed by atoms with Crippen molar-refractivity contribution >= 4 is 67.0 Å². The van der Waals surface area contributed by atoms with Gasteiger partial charge in [-0.15, -0.1) is 0 Å². The lowest BCUT2D eigenvalue weighted by Crippen LogP contribution is -2.04. The lowest BCUT2D eigenvalue weighted by molar-refractivity contribution is 0.0594. The number of hydrogen-bond donors (Lipinski definition) is 2. The Morgan fingerprint density at radius 1 is 0.306 bits per heavy atom. The quantitative estimate of drug-likeness (QED) is 0.106. The second-order valence-corrected chi connectivity index (χ2v) is 17.4. The van der Waals surface area contributed by atoms with Crippen molar-refractivity contribution in [2.24, 2.45) is 0 Å². The van der Waals surface area contributed by atoms with Crippen LogP contribution in [-0.2, 0) is 18.9 Å². The molecule has 10 aromatic carbocycles. The van der Waals surface area contributed by atoms with E-state index in [1.807, 2.05) is 135 Å². The van der Waals surface area contributed by atoms with Gasteiger partial charge in [0.25, 0.3) is 0 Å². The van der Waals surface area contributed by atoms with Gasteiger partial charge in [-0.1, -0.05) is 121 Å². The molecule has 10 rings (SSSR count). The van der Waals surface area contributed by atoms with Crippen molar-refractivity contribution in [3.8, 4) is 67.1 Å². The molecule has 10 nitrogen and oxygen atoms in total. The molecule has 0 unspecified atom stereocenters. The largest absolute Gasteiger partial charge is 0.507 e. The van der Waals surface area contributed by atoms with Gasteiger partial charge in [0.1, 0.15) is 11.5 Å². The average molecular weight is 951 g/mol. The Morgan fingerprint density at radius 3 is 0.764 bits per heavy atom. The summed E-state index contributed by atoms with van der Waals surface area (Å²) in [6.07, 6.45) is 0. The summed E-state index contributed by atoms with van der Waals surface area (Å²) in [6.45, 7) is 3.78. The molecule has 2 N–H and O–H groups in total. The fraction of sp³-hybridized carbons (Fsp3) is 0.0968. The highest BCUT2D eigenvalue weighted by Gasteiger charge is 2.29. The van der Waals surface area contributed by atoms with Crippen molar-refractivity contribution in [1.82, 2.24) is 0 Å². The number of phenolic OH excluding ortho intramolecular Hbond substituents is 2. The zero-order valence-electron chi connectivity index (χ0n) is 40.2. The van der Waals surface area contributed by atoms with Crippen molar-refractivity contribution in [3.05, 3.63) is 191 Å². The Morgan fingerprint density at radius 2 is 0.528 bits per heavy atom. The minimum Gasteiger partial charge on any atom is -0.507 e. The topological polar surface area (TPSA) is 146 Å². The smallest absolute Gasteiger partial charge is 0.338 e. The Hall–Kier alpha value is -9.28. The van der Waals surface area contributed by atoms with Crippen LogP contribution < -0.4 is 0 Å². The van der Waals surface area contributed by atoms with E-state index in [0.29, 0.717) is 110 Å². The molecular weight excluding hydrogens is 905 g/mol. The van der Waals surface area contributed by atoms with Crippen molar-refractivity contribution in [2.45, 2.75) is 13.8 Å². The molecule has 0 aromatic heterocycles. The molecule has 0 radical (unpaired) electrons. The highest BCUT2D eigenvalue weighted by Crippen LogP contribution is 2.55. The number of fused-ring (bicyclic) bond motifs is 4. The molecule has 0 aliphatic carbocycles. The predicted molar refractivity (Wildman–Crippen MR) is 282 cm³/mol. The molecule has 0 spiro atoms. The fourth-order valence-corrected chi connectivity index (χ4v) is 10.4. The Kier molecular flexibility index (Phi) is 12.0. The maximum atomic E-state index is 13.3. The first kappa shape index (κ1) is 46.4. The summed E-state index contributed by atoms with van der Waals surface area (Å²) in [4.78, 5) is 52.8. The van der Waals surface area contributed by atoms with E-state index < -0.39 is 23.9 Å². The summed E-state index contributed by atoms with van der Waals surface area (Å²) in [5.41, 5.74) is 8.06. The third kappa shape index (κ3) is 7.43. The van der Waals surface area contributed by atoms with Crippen LogP contribution in [0, 0.1) is 13.8 Å². The van der Waals surface area contributed by atoms with Crippen molar-refractivity contribution in [1.29, 1.82) is 0 Å². The summed E-state index contributed by atoms with van der Waals surface area (Å²) in [5, 5.41) is 31.9. The second kappa shape index (κ2) is 18.6. The van der Waals surface area contributed by atoms with Gasteiger partial charge in [-0.25, -0.2) is 19.2 Å². The van der Waals surface area contributed by atoms with Crippen LogP contribution in [0.15, 0.2) is 158 Å². The number of ether oxygens (including phenoxy) is 4. The van der Waals surface area contributed by atoms with Crippen molar-refractivity contribution < 1.29 is 48.3 Å². The Bertz CT molecular complexity index is 3440. The number of hydrogen-bond acceptors (Lipinski definition) is 10. The van der Waals surface area contributed by atoms with E-state index in [2.05, 4.69) is 0 Å². The van der Waals surface area contributed by atoms with Crippen LogP contribution in [0.25, 0.3) is 98.7 Å².